The number of hydrogen-bond donors (Lipinski definition) is 1. The van der Waals surface area contributed by atoms with Crippen molar-refractivity contribution in [1.82, 2.24) is 19.7 Å². The van der Waals surface area contributed by atoms with Gasteiger partial charge in [0.25, 0.3) is 5.91 Å². The number of likely N-dealkylation sites (N-methyl/N-ethyl adjacent to an activating group) is 1. The van der Waals surface area contributed by atoms with Crippen molar-refractivity contribution in [2.45, 2.75) is 51.1 Å². The van der Waals surface area contributed by atoms with Crippen molar-refractivity contribution in [2.24, 2.45) is 0 Å². The summed E-state index contributed by atoms with van der Waals surface area (Å²) in [5.74, 6) is -2.82. The van der Waals surface area contributed by atoms with Gasteiger partial charge >= 0.3 is 0 Å². The van der Waals surface area contributed by atoms with Crippen molar-refractivity contribution >= 4 is 17.2 Å². The zero-order chi connectivity index (χ0) is 25.6. The van der Waals surface area contributed by atoms with Gasteiger partial charge in [-0.2, -0.15) is 0 Å². The van der Waals surface area contributed by atoms with Crippen molar-refractivity contribution < 1.29 is 23.4 Å². The van der Waals surface area contributed by atoms with E-state index >= 15 is 0 Å². The predicted octanol–water partition coefficient (Wildman–Crippen LogP) is 3.92. The molecule has 1 saturated heterocycles. The maximum absolute atomic E-state index is 14.5. The summed E-state index contributed by atoms with van der Waals surface area (Å²) < 4.78 is 35.0. The zero-order valence-corrected chi connectivity index (χ0v) is 20.8. The maximum Gasteiger partial charge on any atom is 0.275 e. The van der Waals surface area contributed by atoms with Gasteiger partial charge in [0, 0.05) is 44.5 Å². The summed E-state index contributed by atoms with van der Waals surface area (Å²) in [5.41, 5.74) is -0.799. The van der Waals surface area contributed by atoms with Crippen molar-refractivity contribution in [3.05, 3.63) is 62.5 Å². The van der Waals surface area contributed by atoms with Crippen LogP contribution in [0.25, 0.3) is 10.6 Å². The third kappa shape index (κ3) is 3.90. The van der Waals surface area contributed by atoms with Gasteiger partial charge in [0.2, 0.25) is 5.43 Å². The highest BCUT2D eigenvalue weighted by atomic mass is 32.1. The van der Waals surface area contributed by atoms with Gasteiger partial charge in [-0.25, -0.2) is 8.78 Å². The molecule has 1 amide bonds. The molecule has 2 aliphatic rings. The monoisotopic (exact) mass is 516 g/mol. The normalized spacial score (nSPS) is 17.9. The van der Waals surface area contributed by atoms with Crippen LogP contribution in [0, 0.1) is 11.6 Å². The van der Waals surface area contributed by atoms with Gasteiger partial charge in [-0.15, -0.1) is 10.2 Å². The van der Waals surface area contributed by atoms with E-state index in [-0.39, 0.29) is 22.2 Å². The van der Waals surface area contributed by atoms with Crippen LogP contribution in [0.15, 0.2) is 29.2 Å². The SMILES string of the molecule is CCC(c1nnc(-c2cn3c(c(O)c2=O)C(=O)N(CC)C2(CCOCC2)C3)s1)c1ccc(F)cc1F. The first-order valence-electron chi connectivity index (χ1n) is 11.9. The number of amides is 1. The minimum atomic E-state index is -0.711. The Kier molecular flexibility index (Phi) is 6.37. The van der Waals surface area contributed by atoms with Crippen LogP contribution in [-0.2, 0) is 11.3 Å². The van der Waals surface area contributed by atoms with E-state index in [0.29, 0.717) is 56.1 Å². The fraction of sp³-hybridized carbons (Fsp3) is 0.440. The smallest absolute Gasteiger partial charge is 0.275 e. The van der Waals surface area contributed by atoms with Gasteiger partial charge in [0.05, 0.1) is 11.1 Å². The lowest BCUT2D eigenvalue weighted by molar-refractivity contribution is -0.0340. The highest BCUT2D eigenvalue weighted by molar-refractivity contribution is 7.14. The number of carbonyl (C=O) groups excluding carboxylic acids is 1. The molecule has 0 saturated carbocycles. The number of carbonyl (C=O) groups is 1. The second kappa shape index (κ2) is 9.36. The Hall–Kier alpha value is -3.18. The first-order chi connectivity index (χ1) is 17.3. The zero-order valence-electron chi connectivity index (χ0n) is 20.0. The van der Waals surface area contributed by atoms with Crippen LogP contribution in [0.1, 0.15) is 60.1 Å². The Balaban J connectivity index is 1.57. The van der Waals surface area contributed by atoms with Crippen LogP contribution in [0.5, 0.6) is 5.75 Å². The van der Waals surface area contributed by atoms with Crippen LogP contribution in [0.3, 0.4) is 0 Å². The van der Waals surface area contributed by atoms with Gasteiger partial charge in [0.1, 0.15) is 16.6 Å². The van der Waals surface area contributed by atoms with E-state index in [1.54, 1.807) is 15.7 Å². The van der Waals surface area contributed by atoms with E-state index in [1.807, 2.05) is 13.8 Å². The Morgan fingerprint density at radius 2 is 1.94 bits per heavy atom. The Bertz CT molecular complexity index is 1380. The number of fused-ring (bicyclic) bond motifs is 1. The Labute approximate surface area is 210 Å². The molecule has 36 heavy (non-hydrogen) atoms. The molecule has 0 aliphatic carbocycles. The summed E-state index contributed by atoms with van der Waals surface area (Å²) in [5, 5.41) is 19.9. The molecule has 1 spiro atoms. The molecular weight excluding hydrogens is 490 g/mol. The average Bonchev–Trinajstić information content (AvgIpc) is 3.33. The molecule has 11 heteroatoms. The number of nitrogens with zero attached hydrogens (tertiary/aromatic N) is 4. The molecule has 1 aromatic carbocycles. The molecule has 3 aromatic rings. The first-order valence-corrected chi connectivity index (χ1v) is 12.8. The fourth-order valence-electron chi connectivity index (χ4n) is 5.35. The number of ether oxygens (including phenoxy) is 1. The maximum atomic E-state index is 14.5. The number of hydrogen-bond acceptors (Lipinski definition) is 7. The number of rotatable bonds is 5. The van der Waals surface area contributed by atoms with Gasteiger partial charge in [-0.05, 0) is 37.8 Å². The summed E-state index contributed by atoms with van der Waals surface area (Å²) in [4.78, 5) is 28.2. The van der Waals surface area contributed by atoms with Gasteiger partial charge < -0.3 is 19.3 Å². The minimum absolute atomic E-state index is 0.0349. The van der Waals surface area contributed by atoms with Crippen molar-refractivity contribution in [3.8, 4) is 16.3 Å². The van der Waals surface area contributed by atoms with Crippen molar-refractivity contribution in [3.63, 3.8) is 0 Å². The predicted molar refractivity (Wildman–Crippen MR) is 129 cm³/mol. The van der Waals surface area contributed by atoms with E-state index in [2.05, 4.69) is 10.2 Å². The lowest BCUT2D eigenvalue weighted by Gasteiger charge is -2.49. The highest BCUT2D eigenvalue weighted by Gasteiger charge is 2.46. The van der Waals surface area contributed by atoms with Gasteiger partial charge in [-0.3, -0.25) is 9.59 Å². The second-order valence-electron chi connectivity index (χ2n) is 9.16. The molecule has 1 fully saturated rings. The topological polar surface area (TPSA) is 97.5 Å². The Morgan fingerprint density at radius 3 is 2.61 bits per heavy atom. The molecule has 4 heterocycles. The van der Waals surface area contributed by atoms with Gasteiger partial charge in [0.15, 0.2) is 16.5 Å². The first kappa shape index (κ1) is 24.5. The number of halogens is 2. The number of benzene rings is 1. The molecule has 2 aliphatic heterocycles. The lowest BCUT2D eigenvalue weighted by atomic mass is 9.85. The number of aromatic nitrogens is 3. The molecule has 2 aromatic heterocycles. The fourth-order valence-corrected chi connectivity index (χ4v) is 6.40. The van der Waals surface area contributed by atoms with Crippen LogP contribution in [-0.4, -0.2) is 56.0 Å². The molecule has 5 rings (SSSR count). The van der Waals surface area contributed by atoms with Crippen LogP contribution >= 0.6 is 11.3 Å². The molecule has 0 radical (unpaired) electrons. The Morgan fingerprint density at radius 1 is 1.19 bits per heavy atom. The second-order valence-corrected chi connectivity index (χ2v) is 10.2. The summed E-state index contributed by atoms with van der Waals surface area (Å²) in [7, 11) is 0. The van der Waals surface area contributed by atoms with E-state index in [4.69, 9.17) is 4.74 Å². The molecule has 1 atom stereocenters. The standard InChI is InChI=1S/C25H26F2N4O4S/c1-3-15(16-6-5-14(26)11-18(16)27)22-28-29-23(36-22)17-12-30-13-25(7-9-35-10-8-25)31(4-2)24(34)19(30)21(33)20(17)32/h5-6,11-12,15,33H,3-4,7-10,13H2,1-2H3. The van der Waals surface area contributed by atoms with E-state index in [1.165, 1.54) is 12.1 Å². The summed E-state index contributed by atoms with van der Waals surface area (Å²) in [6.07, 6.45) is 3.35. The van der Waals surface area contributed by atoms with Crippen molar-refractivity contribution in [1.29, 1.82) is 0 Å². The van der Waals surface area contributed by atoms with E-state index in [9.17, 15) is 23.5 Å². The van der Waals surface area contributed by atoms with Crippen LogP contribution < -0.4 is 5.43 Å². The van der Waals surface area contributed by atoms with E-state index in [0.717, 1.165) is 17.4 Å². The van der Waals surface area contributed by atoms with Crippen molar-refractivity contribution in [2.75, 3.05) is 19.8 Å². The molecule has 8 nitrogen and oxygen atoms in total. The average molecular weight is 517 g/mol. The van der Waals surface area contributed by atoms with E-state index < -0.39 is 34.3 Å². The van der Waals surface area contributed by atoms with Crippen LogP contribution in [0.2, 0.25) is 0 Å². The molecule has 1 N–H and O–H groups in total. The highest BCUT2D eigenvalue weighted by Crippen LogP contribution is 2.39. The third-order valence-corrected chi connectivity index (χ3v) is 8.27. The summed E-state index contributed by atoms with van der Waals surface area (Å²) >= 11 is 1.11. The quantitative estimate of drug-likeness (QED) is 0.552. The third-order valence-electron chi connectivity index (χ3n) is 7.20. The largest absolute Gasteiger partial charge is 0.503 e. The molecular formula is C25H26F2N4O4S. The number of pyridine rings is 1. The summed E-state index contributed by atoms with van der Waals surface area (Å²) in [6.45, 7) is 5.65. The summed E-state index contributed by atoms with van der Waals surface area (Å²) in [6, 6.07) is 3.41. The van der Waals surface area contributed by atoms with Crippen LogP contribution in [0.4, 0.5) is 8.78 Å². The molecule has 190 valence electrons. The van der Waals surface area contributed by atoms with Gasteiger partial charge in [-0.1, -0.05) is 24.3 Å². The molecule has 0 bridgehead atoms. The lowest BCUT2D eigenvalue weighted by Crippen LogP contribution is -2.60. The number of aromatic hydroxyl groups is 1. The molecule has 1 unspecified atom stereocenters. The minimum Gasteiger partial charge on any atom is -0.503 e.